The zero-order valence-electron chi connectivity index (χ0n) is 10.6. The van der Waals surface area contributed by atoms with Crippen LogP contribution in [0.5, 0.6) is 0 Å². The molecule has 19 heavy (non-hydrogen) atoms. The van der Waals surface area contributed by atoms with Gasteiger partial charge in [0.05, 0.1) is 24.2 Å². The van der Waals surface area contributed by atoms with Crippen molar-refractivity contribution < 1.29 is 15.0 Å². The number of rotatable bonds is 4. The van der Waals surface area contributed by atoms with Gasteiger partial charge in [0.15, 0.2) is 0 Å². The van der Waals surface area contributed by atoms with Crippen molar-refractivity contribution in [2.24, 2.45) is 5.92 Å². The Kier molecular flexibility index (Phi) is 4.29. The summed E-state index contributed by atoms with van der Waals surface area (Å²) >= 11 is 0. The summed E-state index contributed by atoms with van der Waals surface area (Å²) in [6, 6.07) is 3.29. The van der Waals surface area contributed by atoms with E-state index in [1.807, 2.05) is 6.07 Å². The Morgan fingerprint density at radius 1 is 1.53 bits per heavy atom. The number of carbonyl (C=O) groups excluding carboxylic acids is 1. The van der Waals surface area contributed by atoms with E-state index in [-0.39, 0.29) is 11.9 Å². The highest BCUT2D eigenvalue weighted by Crippen LogP contribution is 2.27. The molecular weight excluding hydrogens is 244 g/mol. The largest absolute Gasteiger partial charge is 0.390 e. The van der Waals surface area contributed by atoms with Crippen LogP contribution in [0.15, 0.2) is 37.2 Å². The number of nitrogens with one attached hydrogen (secondary N) is 1. The minimum absolute atomic E-state index is 0.266. The van der Waals surface area contributed by atoms with E-state index in [2.05, 4.69) is 16.9 Å². The molecule has 1 aromatic heterocycles. The van der Waals surface area contributed by atoms with E-state index < -0.39 is 18.1 Å². The van der Waals surface area contributed by atoms with Crippen LogP contribution >= 0.6 is 0 Å². The van der Waals surface area contributed by atoms with Crippen LogP contribution in [0.2, 0.25) is 0 Å². The van der Waals surface area contributed by atoms with Crippen molar-refractivity contribution in [2.75, 3.05) is 0 Å². The van der Waals surface area contributed by atoms with Gasteiger partial charge in [-0.15, -0.1) is 6.58 Å². The Morgan fingerprint density at radius 2 is 2.32 bits per heavy atom. The van der Waals surface area contributed by atoms with Crippen molar-refractivity contribution >= 4 is 5.91 Å². The average molecular weight is 262 g/mol. The summed E-state index contributed by atoms with van der Waals surface area (Å²) in [6.45, 7) is 3.70. The van der Waals surface area contributed by atoms with Crippen molar-refractivity contribution in [3.8, 4) is 0 Å². The molecule has 0 radical (unpaired) electrons. The number of nitrogens with zero attached hydrogens (tertiary/aromatic N) is 1. The SMILES string of the molecule is C=CC(NC(=O)C1CCC(O)C1O)c1cccnc1. The molecule has 1 saturated carbocycles. The van der Waals surface area contributed by atoms with Crippen LogP contribution in [-0.2, 0) is 4.79 Å². The lowest BCUT2D eigenvalue weighted by molar-refractivity contribution is -0.129. The Bertz CT molecular complexity index is 449. The lowest BCUT2D eigenvalue weighted by atomic mass is 10.0. The molecule has 0 saturated heterocycles. The smallest absolute Gasteiger partial charge is 0.226 e. The maximum atomic E-state index is 12.1. The van der Waals surface area contributed by atoms with E-state index >= 15 is 0 Å². The first kappa shape index (κ1) is 13.7. The molecule has 1 amide bonds. The molecule has 1 aromatic rings. The molecule has 4 unspecified atom stereocenters. The number of amides is 1. The van der Waals surface area contributed by atoms with Gasteiger partial charge in [0.1, 0.15) is 0 Å². The number of carbonyl (C=O) groups is 1. The molecule has 0 aromatic carbocycles. The molecule has 0 spiro atoms. The molecule has 2 rings (SSSR count). The summed E-state index contributed by atoms with van der Waals surface area (Å²) in [7, 11) is 0. The van der Waals surface area contributed by atoms with E-state index in [9.17, 15) is 15.0 Å². The molecule has 5 nitrogen and oxygen atoms in total. The summed E-state index contributed by atoms with van der Waals surface area (Å²) in [5.41, 5.74) is 0.832. The summed E-state index contributed by atoms with van der Waals surface area (Å²) in [6.07, 6.45) is 4.08. The predicted molar refractivity (Wildman–Crippen MR) is 70.1 cm³/mol. The Morgan fingerprint density at radius 3 is 2.84 bits per heavy atom. The van der Waals surface area contributed by atoms with Gasteiger partial charge in [0.25, 0.3) is 0 Å². The lowest BCUT2D eigenvalue weighted by Crippen LogP contribution is -2.39. The van der Waals surface area contributed by atoms with E-state index in [0.29, 0.717) is 12.8 Å². The van der Waals surface area contributed by atoms with E-state index in [4.69, 9.17) is 0 Å². The van der Waals surface area contributed by atoms with Crippen LogP contribution in [0.4, 0.5) is 0 Å². The maximum Gasteiger partial charge on any atom is 0.226 e. The summed E-state index contributed by atoms with van der Waals surface area (Å²) in [5.74, 6) is -0.827. The summed E-state index contributed by atoms with van der Waals surface area (Å²) < 4.78 is 0. The number of hydrogen-bond acceptors (Lipinski definition) is 4. The van der Waals surface area contributed by atoms with Gasteiger partial charge in [-0.05, 0) is 24.5 Å². The van der Waals surface area contributed by atoms with Gasteiger partial charge < -0.3 is 15.5 Å². The first-order valence-corrected chi connectivity index (χ1v) is 6.32. The highest BCUT2D eigenvalue weighted by molar-refractivity contribution is 5.80. The van der Waals surface area contributed by atoms with E-state index in [1.165, 1.54) is 0 Å². The van der Waals surface area contributed by atoms with Crippen LogP contribution < -0.4 is 5.32 Å². The molecule has 1 aliphatic carbocycles. The number of hydrogen-bond donors (Lipinski definition) is 3. The normalized spacial score (nSPS) is 27.8. The minimum Gasteiger partial charge on any atom is -0.390 e. The number of aliphatic hydroxyl groups excluding tert-OH is 2. The standard InChI is InChI=1S/C14H18N2O3/c1-2-11(9-4-3-7-15-8-9)16-14(19)10-5-6-12(17)13(10)18/h2-4,7-8,10-13,17-18H,1,5-6H2,(H,16,19). The van der Waals surface area contributed by atoms with Gasteiger partial charge in [0.2, 0.25) is 5.91 Å². The maximum absolute atomic E-state index is 12.1. The van der Waals surface area contributed by atoms with Crippen LogP contribution in [0, 0.1) is 5.92 Å². The molecule has 0 aliphatic heterocycles. The van der Waals surface area contributed by atoms with E-state index in [0.717, 1.165) is 5.56 Å². The number of aliphatic hydroxyl groups is 2. The van der Waals surface area contributed by atoms with Crippen molar-refractivity contribution in [2.45, 2.75) is 31.1 Å². The average Bonchev–Trinajstić information content (AvgIpc) is 2.77. The second kappa shape index (κ2) is 5.95. The van der Waals surface area contributed by atoms with Crippen LogP contribution in [-0.4, -0.2) is 33.3 Å². The van der Waals surface area contributed by atoms with Gasteiger partial charge in [-0.3, -0.25) is 9.78 Å². The van der Waals surface area contributed by atoms with Gasteiger partial charge in [0, 0.05) is 12.4 Å². The van der Waals surface area contributed by atoms with Gasteiger partial charge in [-0.2, -0.15) is 0 Å². The fraction of sp³-hybridized carbons (Fsp3) is 0.429. The van der Waals surface area contributed by atoms with Crippen LogP contribution in [0.25, 0.3) is 0 Å². The predicted octanol–water partition coefficient (Wildman–Crippen LogP) is 0.557. The Labute approximate surface area is 112 Å². The molecule has 0 bridgehead atoms. The van der Waals surface area contributed by atoms with Crippen molar-refractivity contribution in [3.05, 3.63) is 42.7 Å². The first-order valence-electron chi connectivity index (χ1n) is 6.32. The van der Waals surface area contributed by atoms with Gasteiger partial charge in [-0.25, -0.2) is 0 Å². The number of pyridine rings is 1. The summed E-state index contributed by atoms with van der Waals surface area (Å²) in [5, 5.41) is 22.0. The molecule has 1 aliphatic rings. The van der Waals surface area contributed by atoms with E-state index in [1.54, 1.807) is 24.5 Å². The molecular formula is C14H18N2O3. The van der Waals surface area contributed by atoms with Crippen LogP contribution in [0.1, 0.15) is 24.4 Å². The second-order valence-electron chi connectivity index (χ2n) is 4.75. The Balaban J connectivity index is 2.03. The third kappa shape index (κ3) is 3.00. The summed E-state index contributed by atoms with van der Waals surface area (Å²) in [4.78, 5) is 16.1. The van der Waals surface area contributed by atoms with Crippen molar-refractivity contribution in [1.29, 1.82) is 0 Å². The minimum atomic E-state index is -0.987. The third-order valence-electron chi connectivity index (χ3n) is 3.49. The van der Waals surface area contributed by atoms with Gasteiger partial charge in [-0.1, -0.05) is 12.1 Å². The van der Waals surface area contributed by atoms with Crippen LogP contribution in [0.3, 0.4) is 0 Å². The quantitative estimate of drug-likeness (QED) is 0.692. The zero-order valence-corrected chi connectivity index (χ0v) is 10.6. The lowest BCUT2D eigenvalue weighted by Gasteiger charge is -2.20. The zero-order chi connectivity index (χ0) is 13.8. The van der Waals surface area contributed by atoms with Gasteiger partial charge >= 0.3 is 0 Å². The molecule has 1 heterocycles. The second-order valence-corrected chi connectivity index (χ2v) is 4.75. The molecule has 3 N–H and O–H groups in total. The topological polar surface area (TPSA) is 82.5 Å². The molecule has 102 valence electrons. The fourth-order valence-electron chi connectivity index (χ4n) is 2.34. The number of aromatic nitrogens is 1. The Hall–Kier alpha value is -1.72. The molecule has 5 heteroatoms. The molecule has 4 atom stereocenters. The monoisotopic (exact) mass is 262 g/mol. The third-order valence-corrected chi connectivity index (χ3v) is 3.49. The fourth-order valence-corrected chi connectivity index (χ4v) is 2.34. The first-order chi connectivity index (χ1) is 9.13. The highest BCUT2D eigenvalue weighted by Gasteiger charge is 2.38. The van der Waals surface area contributed by atoms with Crippen molar-refractivity contribution in [3.63, 3.8) is 0 Å². The van der Waals surface area contributed by atoms with Crippen molar-refractivity contribution in [1.82, 2.24) is 10.3 Å². The molecule has 1 fully saturated rings. The highest BCUT2D eigenvalue weighted by atomic mass is 16.3.